The van der Waals surface area contributed by atoms with Crippen LogP contribution in [0.4, 0.5) is 13.2 Å². The summed E-state index contributed by atoms with van der Waals surface area (Å²) in [5.41, 5.74) is 1.99. The van der Waals surface area contributed by atoms with Gasteiger partial charge < -0.3 is 20.1 Å². The average molecular weight is 521 g/mol. The van der Waals surface area contributed by atoms with Crippen LogP contribution in [0.1, 0.15) is 46.5 Å². The van der Waals surface area contributed by atoms with Gasteiger partial charge in [-0.25, -0.2) is 0 Å². The summed E-state index contributed by atoms with van der Waals surface area (Å²) in [6.45, 7) is 3.38. The number of alkyl halides is 3. The highest BCUT2D eigenvalue weighted by Crippen LogP contribution is 2.29. The fraction of sp³-hybridized carbons (Fsp3) is 0.233. The summed E-state index contributed by atoms with van der Waals surface area (Å²) in [5, 5.41) is 13.9. The van der Waals surface area contributed by atoms with E-state index in [9.17, 15) is 23.1 Å². The number of benzene rings is 3. The van der Waals surface area contributed by atoms with Crippen LogP contribution in [0.15, 0.2) is 72.9 Å². The Labute approximate surface area is 218 Å². The van der Waals surface area contributed by atoms with Crippen molar-refractivity contribution >= 4 is 16.8 Å². The van der Waals surface area contributed by atoms with E-state index in [1.807, 2.05) is 44.3 Å². The fourth-order valence-corrected chi connectivity index (χ4v) is 4.05. The molecule has 0 aliphatic carbocycles. The first-order valence-corrected chi connectivity index (χ1v) is 12.1. The number of nitrogens with one attached hydrogen (secondary N) is 2. The largest absolute Gasteiger partial charge is 0.490 e. The molecule has 3 aromatic carbocycles. The van der Waals surface area contributed by atoms with Gasteiger partial charge in [-0.15, -0.1) is 0 Å². The van der Waals surface area contributed by atoms with Crippen LogP contribution in [0.5, 0.6) is 5.75 Å². The Morgan fingerprint density at radius 1 is 1.03 bits per heavy atom. The molecule has 1 heterocycles. The molecule has 1 unspecified atom stereocenters. The number of aliphatic hydroxyl groups excluding tert-OH is 1. The van der Waals surface area contributed by atoms with Crippen molar-refractivity contribution < 1.29 is 27.8 Å². The second-order valence-corrected chi connectivity index (χ2v) is 9.12. The van der Waals surface area contributed by atoms with Crippen LogP contribution in [-0.4, -0.2) is 34.8 Å². The molecule has 0 fully saturated rings. The van der Waals surface area contributed by atoms with E-state index >= 15 is 0 Å². The Morgan fingerprint density at radius 2 is 1.76 bits per heavy atom. The zero-order valence-corrected chi connectivity index (χ0v) is 20.9. The number of para-hydroxylation sites is 1. The lowest BCUT2D eigenvalue weighted by Gasteiger charge is -2.19. The third-order valence-electron chi connectivity index (χ3n) is 5.82. The Balaban J connectivity index is 1.58. The Bertz CT molecular complexity index is 1500. The fourth-order valence-electron chi connectivity index (χ4n) is 4.05. The first-order valence-electron chi connectivity index (χ1n) is 12.1. The number of aromatic amines is 1. The van der Waals surface area contributed by atoms with Crippen molar-refractivity contribution in [1.82, 2.24) is 10.3 Å². The van der Waals surface area contributed by atoms with E-state index in [1.165, 1.54) is 18.2 Å². The summed E-state index contributed by atoms with van der Waals surface area (Å²) in [4.78, 5) is 16.5. The maximum atomic E-state index is 13.3. The van der Waals surface area contributed by atoms with Crippen LogP contribution in [0.3, 0.4) is 0 Å². The summed E-state index contributed by atoms with van der Waals surface area (Å²) in [5.74, 6) is 5.45. The van der Waals surface area contributed by atoms with Crippen LogP contribution in [0, 0.1) is 11.8 Å². The van der Waals surface area contributed by atoms with E-state index in [2.05, 4.69) is 22.1 Å². The maximum Gasteiger partial charge on any atom is 0.416 e. The van der Waals surface area contributed by atoms with Crippen LogP contribution in [-0.2, 0) is 12.6 Å². The number of fused-ring (bicyclic) bond motifs is 1. The summed E-state index contributed by atoms with van der Waals surface area (Å²) in [7, 11) is 0. The van der Waals surface area contributed by atoms with Gasteiger partial charge in [0.05, 0.1) is 29.9 Å². The molecule has 0 saturated heterocycles. The Morgan fingerprint density at radius 3 is 2.47 bits per heavy atom. The molecule has 0 saturated carbocycles. The third-order valence-corrected chi connectivity index (χ3v) is 5.82. The Hall–Kier alpha value is -4.22. The van der Waals surface area contributed by atoms with Gasteiger partial charge in [-0.1, -0.05) is 36.1 Å². The smallest absolute Gasteiger partial charge is 0.416 e. The summed E-state index contributed by atoms with van der Waals surface area (Å²) in [6, 6.07) is 16.8. The minimum Gasteiger partial charge on any atom is -0.490 e. The summed E-state index contributed by atoms with van der Waals surface area (Å²) >= 11 is 0. The molecule has 5 nitrogen and oxygen atoms in total. The predicted molar refractivity (Wildman–Crippen MR) is 140 cm³/mol. The van der Waals surface area contributed by atoms with E-state index in [1.54, 1.807) is 12.1 Å². The van der Waals surface area contributed by atoms with E-state index < -0.39 is 23.7 Å². The Kier molecular flexibility index (Phi) is 8.08. The van der Waals surface area contributed by atoms with Crippen molar-refractivity contribution in [3.8, 4) is 17.6 Å². The lowest BCUT2D eigenvalue weighted by atomic mass is 10.0. The zero-order chi connectivity index (χ0) is 27.3. The number of ether oxygens (including phenoxy) is 1. The molecular formula is C30H27F3N2O3. The molecule has 4 aromatic rings. The van der Waals surface area contributed by atoms with Gasteiger partial charge in [0.25, 0.3) is 5.91 Å². The molecule has 0 spiro atoms. The minimum atomic E-state index is -4.46. The van der Waals surface area contributed by atoms with Crippen molar-refractivity contribution in [3.05, 3.63) is 101 Å². The molecule has 1 amide bonds. The van der Waals surface area contributed by atoms with Crippen molar-refractivity contribution in [2.24, 2.45) is 0 Å². The molecule has 0 aliphatic heterocycles. The number of rotatable bonds is 7. The predicted octanol–water partition coefficient (Wildman–Crippen LogP) is 5.71. The van der Waals surface area contributed by atoms with Crippen molar-refractivity contribution in [2.45, 2.75) is 38.6 Å². The molecular weight excluding hydrogens is 493 g/mol. The first kappa shape index (κ1) is 26.8. The van der Waals surface area contributed by atoms with Gasteiger partial charge in [0, 0.05) is 28.2 Å². The van der Waals surface area contributed by atoms with Crippen molar-refractivity contribution in [1.29, 1.82) is 0 Å². The zero-order valence-electron chi connectivity index (χ0n) is 20.9. The van der Waals surface area contributed by atoms with Crippen LogP contribution < -0.4 is 10.1 Å². The first-order chi connectivity index (χ1) is 18.1. The number of aliphatic hydroxyl groups is 1. The summed E-state index contributed by atoms with van der Waals surface area (Å²) < 4.78 is 44.9. The average Bonchev–Trinajstić information content (AvgIpc) is 3.29. The maximum absolute atomic E-state index is 13.3. The second-order valence-electron chi connectivity index (χ2n) is 9.12. The van der Waals surface area contributed by atoms with Gasteiger partial charge >= 0.3 is 6.18 Å². The number of carbonyl (C=O) groups is 1. The van der Waals surface area contributed by atoms with E-state index in [0.717, 1.165) is 28.6 Å². The molecule has 0 aliphatic rings. The lowest BCUT2D eigenvalue weighted by molar-refractivity contribution is -0.137. The van der Waals surface area contributed by atoms with Crippen LogP contribution in [0.2, 0.25) is 0 Å². The molecule has 1 aromatic heterocycles. The van der Waals surface area contributed by atoms with Crippen molar-refractivity contribution in [3.63, 3.8) is 0 Å². The van der Waals surface area contributed by atoms with Gasteiger partial charge in [-0.3, -0.25) is 4.79 Å². The number of halogens is 3. The second kappa shape index (κ2) is 11.4. The quantitative estimate of drug-likeness (QED) is 0.274. The lowest BCUT2D eigenvalue weighted by Crippen LogP contribution is -2.39. The van der Waals surface area contributed by atoms with E-state index in [0.29, 0.717) is 17.7 Å². The third kappa shape index (κ3) is 6.55. The van der Waals surface area contributed by atoms with Gasteiger partial charge in [0.15, 0.2) is 0 Å². The van der Waals surface area contributed by atoms with Crippen LogP contribution >= 0.6 is 0 Å². The molecule has 4 rings (SSSR count). The highest BCUT2D eigenvalue weighted by molar-refractivity contribution is 5.97. The van der Waals surface area contributed by atoms with Crippen LogP contribution in [0.25, 0.3) is 10.9 Å². The monoisotopic (exact) mass is 520 g/mol. The van der Waals surface area contributed by atoms with Gasteiger partial charge in [-0.2, -0.15) is 13.2 Å². The minimum absolute atomic E-state index is 0.201. The molecule has 0 radical (unpaired) electrons. The number of carbonyl (C=O) groups excluding carboxylic acids is 1. The molecule has 38 heavy (non-hydrogen) atoms. The molecule has 196 valence electrons. The molecule has 8 heteroatoms. The SMILES string of the molecule is CC(C)Oc1ccc(C#Cc2cccc(C(F)(F)F)c2)cc1C(=O)NC(CO)Cc1c[nH]c2ccccc12. The van der Waals surface area contributed by atoms with Crippen molar-refractivity contribution in [2.75, 3.05) is 6.61 Å². The molecule has 0 bridgehead atoms. The molecule has 3 N–H and O–H groups in total. The normalized spacial score (nSPS) is 12.2. The standard InChI is InChI=1S/C30H27F3N2O3/c1-19(2)38-28-13-12-21(11-10-20-6-5-7-23(14-20)30(31,32)33)15-26(28)29(37)35-24(18-36)16-22-17-34-27-9-4-3-8-25(22)27/h3-9,12-15,17,19,24,34,36H,16,18H2,1-2H3,(H,35,37). The number of amides is 1. The topological polar surface area (TPSA) is 74.3 Å². The molecule has 1 atom stereocenters. The summed E-state index contributed by atoms with van der Waals surface area (Å²) in [6.07, 6.45) is -2.41. The van der Waals surface area contributed by atoms with E-state index in [4.69, 9.17) is 4.74 Å². The van der Waals surface area contributed by atoms with Gasteiger partial charge in [0.2, 0.25) is 0 Å². The van der Waals surface area contributed by atoms with E-state index in [-0.39, 0.29) is 23.8 Å². The number of H-pyrrole nitrogens is 1. The van der Waals surface area contributed by atoms with Gasteiger partial charge in [-0.05, 0) is 68.3 Å². The number of hydrogen-bond acceptors (Lipinski definition) is 3. The highest BCUT2D eigenvalue weighted by atomic mass is 19.4. The highest BCUT2D eigenvalue weighted by Gasteiger charge is 2.30. The van der Waals surface area contributed by atoms with Gasteiger partial charge in [0.1, 0.15) is 5.75 Å². The number of aromatic nitrogens is 1. The number of hydrogen-bond donors (Lipinski definition) is 3.